The Morgan fingerprint density at radius 2 is 2.15 bits per heavy atom. The molecular formula is C17H20N4O6. The predicted molar refractivity (Wildman–Crippen MR) is 93.3 cm³/mol. The highest BCUT2D eigenvalue weighted by atomic mass is 16.5. The molecule has 0 saturated carbocycles. The Balaban J connectivity index is 1.67. The minimum atomic E-state index is -1.34. The van der Waals surface area contributed by atoms with Crippen LogP contribution in [0.1, 0.15) is 16.1 Å². The topological polar surface area (TPSA) is 147 Å². The number of amides is 1. The normalized spacial score (nSPS) is 25.1. The Labute approximate surface area is 153 Å². The summed E-state index contributed by atoms with van der Waals surface area (Å²) in [6.07, 6.45) is -0.690. The van der Waals surface area contributed by atoms with Crippen molar-refractivity contribution >= 4 is 5.91 Å². The van der Waals surface area contributed by atoms with Crippen molar-refractivity contribution in [2.75, 3.05) is 6.61 Å². The molecule has 0 aromatic carbocycles. The first-order valence-electron chi connectivity index (χ1n) is 8.37. The number of ether oxygens (including phenoxy) is 1. The molecule has 4 N–H and O–H groups in total. The van der Waals surface area contributed by atoms with Gasteiger partial charge in [-0.25, -0.2) is 4.79 Å². The summed E-state index contributed by atoms with van der Waals surface area (Å²) in [5.41, 5.74) is -0.613. The first kappa shape index (κ1) is 19.0. The zero-order valence-electron chi connectivity index (χ0n) is 14.5. The van der Waals surface area contributed by atoms with Crippen LogP contribution in [-0.4, -0.2) is 61.6 Å². The first-order valence-corrected chi connectivity index (χ1v) is 8.37. The number of aliphatic hydroxyl groups is 2. The molecule has 1 saturated heterocycles. The van der Waals surface area contributed by atoms with Crippen LogP contribution in [0.15, 0.2) is 40.2 Å². The van der Waals surface area contributed by atoms with E-state index >= 15 is 0 Å². The van der Waals surface area contributed by atoms with E-state index in [1.807, 2.05) is 0 Å². The number of pyridine rings is 1. The van der Waals surface area contributed by atoms with Crippen molar-refractivity contribution in [3.8, 4) is 0 Å². The minimum absolute atomic E-state index is 0.0570. The Bertz CT molecular complexity index is 925. The molecule has 27 heavy (non-hydrogen) atoms. The number of aromatic amines is 1. The van der Waals surface area contributed by atoms with E-state index in [4.69, 9.17) is 4.74 Å². The van der Waals surface area contributed by atoms with Crippen LogP contribution in [-0.2, 0) is 11.3 Å². The van der Waals surface area contributed by atoms with Gasteiger partial charge in [0.05, 0.1) is 19.2 Å². The highest BCUT2D eigenvalue weighted by Gasteiger charge is 2.39. The van der Waals surface area contributed by atoms with Crippen molar-refractivity contribution in [2.45, 2.75) is 37.8 Å². The van der Waals surface area contributed by atoms with Gasteiger partial charge in [-0.15, -0.1) is 0 Å². The number of carbonyl (C=O) groups is 1. The number of nitrogens with zero attached hydrogens (tertiary/aromatic N) is 2. The molecule has 3 heterocycles. The van der Waals surface area contributed by atoms with Crippen LogP contribution < -0.4 is 16.6 Å². The van der Waals surface area contributed by atoms with Gasteiger partial charge in [0.25, 0.3) is 11.5 Å². The highest BCUT2D eigenvalue weighted by molar-refractivity contribution is 5.92. The second kappa shape index (κ2) is 7.82. The average molecular weight is 376 g/mol. The summed E-state index contributed by atoms with van der Waals surface area (Å²) >= 11 is 0. The SMILES string of the molecule is Cc1cn(C[C@H]2OC[C@@H](NC(=O)c3ccccn3)[C@H](O)[C@@H]2O)c(=O)[nH]c1=O. The molecule has 0 unspecified atom stereocenters. The number of hydrogen-bond acceptors (Lipinski definition) is 7. The summed E-state index contributed by atoms with van der Waals surface area (Å²) in [4.78, 5) is 41.5. The summed E-state index contributed by atoms with van der Waals surface area (Å²) in [5.74, 6) is -0.499. The second-order valence-corrected chi connectivity index (χ2v) is 6.37. The van der Waals surface area contributed by atoms with Crippen molar-refractivity contribution in [1.29, 1.82) is 0 Å². The van der Waals surface area contributed by atoms with Crippen LogP contribution in [0.5, 0.6) is 0 Å². The van der Waals surface area contributed by atoms with Gasteiger partial charge in [0.1, 0.15) is 24.0 Å². The van der Waals surface area contributed by atoms with Gasteiger partial charge in [-0.3, -0.25) is 24.1 Å². The summed E-state index contributed by atoms with van der Waals surface area (Å²) in [6, 6.07) is 4.02. The molecule has 0 aliphatic carbocycles. The Kier molecular flexibility index (Phi) is 5.49. The molecule has 144 valence electrons. The Morgan fingerprint density at radius 3 is 2.85 bits per heavy atom. The molecule has 0 radical (unpaired) electrons. The van der Waals surface area contributed by atoms with Gasteiger partial charge < -0.3 is 20.3 Å². The lowest BCUT2D eigenvalue weighted by Gasteiger charge is -2.38. The third kappa shape index (κ3) is 4.13. The number of aliphatic hydroxyl groups excluding tert-OH is 2. The average Bonchev–Trinajstić information content (AvgIpc) is 2.66. The van der Waals surface area contributed by atoms with E-state index in [1.54, 1.807) is 19.1 Å². The van der Waals surface area contributed by atoms with E-state index in [2.05, 4.69) is 15.3 Å². The summed E-state index contributed by atoms with van der Waals surface area (Å²) in [7, 11) is 0. The fraction of sp³-hybridized carbons (Fsp3) is 0.412. The third-order valence-electron chi connectivity index (χ3n) is 4.41. The van der Waals surface area contributed by atoms with E-state index in [-0.39, 0.29) is 18.8 Å². The summed E-state index contributed by atoms with van der Waals surface area (Å²) in [5, 5.41) is 23.3. The van der Waals surface area contributed by atoms with Crippen LogP contribution in [0.25, 0.3) is 0 Å². The number of aryl methyl sites for hydroxylation is 1. The fourth-order valence-electron chi connectivity index (χ4n) is 2.86. The molecule has 2 aromatic heterocycles. The van der Waals surface area contributed by atoms with Gasteiger partial charge in [0.2, 0.25) is 0 Å². The molecule has 1 aliphatic heterocycles. The Morgan fingerprint density at radius 1 is 1.37 bits per heavy atom. The van der Waals surface area contributed by atoms with Crippen LogP contribution in [0.4, 0.5) is 0 Å². The quantitative estimate of drug-likeness (QED) is 0.490. The Hall–Kier alpha value is -2.82. The van der Waals surface area contributed by atoms with Crippen molar-refractivity contribution in [1.82, 2.24) is 19.9 Å². The number of nitrogens with one attached hydrogen (secondary N) is 2. The van der Waals surface area contributed by atoms with Crippen LogP contribution in [0, 0.1) is 6.92 Å². The molecule has 1 fully saturated rings. The third-order valence-corrected chi connectivity index (χ3v) is 4.41. The largest absolute Gasteiger partial charge is 0.388 e. The molecule has 10 nitrogen and oxygen atoms in total. The molecule has 1 amide bonds. The molecule has 3 rings (SSSR count). The van der Waals surface area contributed by atoms with Crippen LogP contribution in [0.3, 0.4) is 0 Å². The van der Waals surface area contributed by atoms with Gasteiger partial charge in [0.15, 0.2) is 0 Å². The first-order chi connectivity index (χ1) is 12.9. The van der Waals surface area contributed by atoms with Crippen molar-refractivity contribution in [3.05, 3.63) is 62.7 Å². The molecule has 0 bridgehead atoms. The maximum Gasteiger partial charge on any atom is 0.328 e. The number of hydrogen-bond donors (Lipinski definition) is 4. The van der Waals surface area contributed by atoms with Gasteiger partial charge in [-0.2, -0.15) is 0 Å². The number of rotatable bonds is 4. The molecule has 0 spiro atoms. The lowest BCUT2D eigenvalue weighted by molar-refractivity contribution is -0.152. The second-order valence-electron chi connectivity index (χ2n) is 6.37. The standard InChI is InChI=1S/C17H20N4O6/c1-9-6-21(17(26)20-15(9)24)7-12-14(23)13(22)11(8-27-12)19-16(25)10-4-2-3-5-18-10/h2-6,11-14,22-23H,7-8H2,1H3,(H,19,25)(H,20,24,26)/t11-,12-,13+,14-/m1/s1. The molecule has 4 atom stereocenters. The van der Waals surface area contributed by atoms with E-state index in [1.165, 1.54) is 23.0 Å². The van der Waals surface area contributed by atoms with Crippen molar-refractivity contribution in [2.24, 2.45) is 0 Å². The van der Waals surface area contributed by atoms with Crippen LogP contribution in [0.2, 0.25) is 0 Å². The maximum atomic E-state index is 12.2. The van der Waals surface area contributed by atoms with E-state index < -0.39 is 41.5 Å². The van der Waals surface area contributed by atoms with Crippen molar-refractivity contribution < 1.29 is 19.7 Å². The molecule has 10 heteroatoms. The number of H-pyrrole nitrogens is 1. The number of carbonyl (C=O) groups excluding carboxylic acids is 1. The van der Waals surface area contributed by atoms with Gasteiger partial charge in [-0.1, -0.05) is 6.07 Å². The predicted octanol–water partition coefficient (Wildman–Crippen LogP) is -1.84. The fourth-order valence-corrected chi connectivity index (χ4v) is 2.86. The summed E-state index contributed by atoms with van der Waals surface area (Å²) in [6.45, 7) is 1.43. The lowest BCUT2D eigenvalue weighted by Crippen LogP contribution is -2.60. The highest BCUT2D eigenvalue weighted by Crippen LogP contribution is 2.17. The molecular weight excluding hydrogens is 356 g/mol. The van der Waals surface area contributed by atoms with Gasteiger partial charge >= 0.3 is 5.69 Å². The van der Waals surface area contributed by atoms with Crippen LogP contribution >= 0.6 is 0 Å². The number of aromatic nitrogens is 3. The van der Waals surface area contributed by atoms with E-state index in [0.717, 1.165) is 0 Å². The van der Waals surface area contributed by atoms with E-state index in [9.17, 15) is 24.6 Å². The monoisotopic (exact) mass is 376 g/mol. The van der Waals surface area contributed by atoms with Gasteiger partial charge in [-0.05, 0) is 19.1 Å². The summed E-state index contributed by atoms with van der Waals surface area (Å²) < 4.78 is 6.74. The van der Waals surface area contributed by atoms with Gasteiger partial charge in [0, 0.05) is 18.0 Å². The molecule has 2 aromatic rings. The minimum Gasteiger partial charge on any atom is -0.388 e. The zero-order chi connectivity index (χ0) is 19.6. The molecule has 1 aliphatic rings. The zero-order valence-corrected chi connectivity index (χ0v) is 14.5. The smallest absolute Gasteiger partial charge is 0.328 e. The lowest BCUT2D eigenvalue weighted by atomic mass is 9.97. The maximum absolute atomic E-state index is 12.2. The van der Waals surface area contributed by atoms with Crippen molar-refractivity contribution in [3.63, 3.8) is 0 Å². The van der Waals surface area contributed by atoms with E-state index in [0.29, 0.717) is 5.56 Å².